The highest BCUT2D eigenvalue weighted by Gasteiger charge is 2.11. The van der Waals surface area contributed by atoms with Crippen LogP contribution in [0.5, 0.6) is 5.75 Å². The molecule has 3 nitrogen and oxygen atoms in total. The van der Waals surface area contributed by atoms with Crippen molar-refractivity contribution >= 4 is 0 Å². The summed E-state index contributed by atoms with van der Waals surface area (Å²) in [6, 6.07) is 19.2. The van der Waals surface area contributed by atoms with Crippen LogP contribution in [0.2, 0.25) is 0 Å². The topological polar surface area (TPSA) is 47.3 Å². The summed E-state index contributed by atoms with van der Waals surface area (Å²) in [5.41, 5.74) is 8.63. The second kappa shape index (κ2) is 10.1. The number of rotatable bonds is 9. The van der Waals surface area contributed by atoms with Crippen molar-refractivity contribution in [2.75, 3.05) is 6.54 Å². The van der Waals surface area contributed by atoms with Gasteiger partial charge in [0.25, 0.3) is 0 Å². The predicted octanol–water partition coefficient (Wildman–Crippen LogP) is 4.57. The maximum atomic E-state index is 14.2. The fourth-order valence-corrected chi connectivity index (χ4v) is 3.02. The van der Waals surface area contributed by atoms with Gasteiger partial charge in [-0.05, 0) is 41.8 Å². The lowest BCUT2D eigenvalue weighted by Crippen LogP contribution is -2.32. The quantitative estimate of drug-likeness (QED) is 0.557. The van der Waals surface area contributed by atoms with Crippen molar-refractivity contribution in [3.05, 3.63) is 101 Å². The molecule has 0 spiro atoms. The Morgan fingerprint density at radius 1 is 0.897 bits per heavy atom. The molecule has 0 amide bonds. The Kier molecular flexibility index (Phi) is 7.33. The second-order valence-electron chi connectivity index (χ2n) is 7.11. The molecule has 0 bridgehead atoms. The van der Waals surface area contributed by atoms with E-state index < -0.39 is 0 Å². The van der Waals surface area contributed by atoms with Crippen LogP contribution in [0, 0.1) is 11.6 Å². The minimum absolute atomic E-state index is 0.110. The van der Waals surface area contributed by atoms with Gasteiger partial charge < -0.3 is 15.8 Å². The molecule has 3 rings (SSSR count). The molecule has 0 unspecified atom stereocenters. The predicted molar refractivity (Wildman–Crippen MR) is 112 cm³/mol. The third kappa shape index (κ3) is 5.86. The Morgan fingerprint density at radius 3 is 2.21 bits per heavy atom. The third-order valence-electron chi connectivity index (χ3n) is 4.81. The van der Waals surface area contributed by atoms with E-state index >= 15 is 0 Å². The summed E-state index contributed by atoms with van der Waals surface area (Å²) in [5.74, 6) is 0.0553. The molecule has 5 heteroatoms. The molecule has 29 heavy (non-hydrogen) atoms. The van der Waals surface area contributed by atoms with E-state index in [1.165, 1.54) is 12.1 Å². The van der Waals surface area contributed by atoms with Crippen LogP contribution in [-0.4, -0.2) is 12.6 Å². The summed E-state index contributed by atoms with van der Waals surface area (Å²) in [6.07, 6.45) is 0.388. The van der Waals surface area contributed by atoms with Crippen LogP contribution in [0.3, 0.4) is 0 Å². The van der Waals surface area contributed by atoms with Crippen molar-refractivity contribution in [3.8, 4) is 5.75 Å². The molecule has 0 saturated carbocycles. The van der Waals surface area contributed by atoms with Crippen molar-refractivity contribution in [2.24, 2.45) is 5.73 Å². The summed E-state index contributed by atoms with van der Waals surface area (Å²) in [5, 5.41) is 3.35. The van der Waals surface area contributed by atoms with E-state index in [9.17, 15) is 8.78 Å². The van der Waals surface area contributed by atoms with Gasteiger partial charge in [0, 0.05) is 31.1 Å². The average Bonchev–Trinajstić information content (AvgIpc) is 2.74. The number of nitrogens with one attached hydrogen (secondary N) is 1. The van der Waals surface area contributed by atoms with Crippen LogP contribution >= 0.6 is 0 Å². The molecule has 0 fully saturated rings. The number of nitrogens with two attached hydrogens (primary N) is 1. The van der Waals surface area contributed by atoms with E-state index in [1.54, 1.807) is 30.3 Å². The molecule has 0 aliphatic heterocycles. The van der Waals surface area contributed by atoms with Gasteiger partial charge in [-0.1, -0.05) is 48.5 Å². The fourth-order valence-electron chi connectivity index (χ4n) is 3.02. The van der Waals surface area contributed by atoms with Gasteiger partial charge in [-0.2, -0.15) is 0 Å². The Labute approximate surface area is 170 Å². The van der Waals surface area contributed by atoms with E-state index in [-0.39, 0.29) is 24.3 Å². The molecule has 0 aliphatic rings. The third-order valence-corrected chi connectivity index (χ3v) is 4.81. The van der Waals surface area contributed by atoms with E-state index in [0.29, 0.717) is 36.4 Å². The Bertz CT molecular complexity index is 946. The van der Waals surface area contributed by atoms with Gasteiger partial charge in [0.15, 0.2) is 0 Å². The number of hydrogen-bond donors (Lipinski definition) is 2. The average molecular weight is 396 g/mol. The number of ether oxygens (including phenoxy) is 1. The summed E-state index contributed by atoms with van der Waals surface area (Å²) in [7, 11) is 0. The lowest BCUT2D eigenvalue weighted by atomic mass is 10.0. The van der Waals surface area contributed by atoms with E-state index in [4.69, 9.17) is 10.5 Å². The van der Waals surface area contributed by atoms with Crippen LogP contribution in [0.1, 0.15) is 29.2 Å². The van der Waals surface area contributed by atoms with E-state index in [0.717, 1.165) is 11.1 Å². The first-order chi connectivity index (χ1) is 14.1. The van der Waals surface area contributed by atoms with Crippen molar-refractivity contribution in [1.29, 1.82) is 0 Å². The number of hydrogen-bond acceptors (Lipinski definition) is 3. The molecule has 0 heterocycles. The molecule has 152 valence electrons. The highest BCUT2D eigenvalue weighted by atomic mass is 19.1. The van der Waals surface area contributed by atoms with Crippen LogP contribution in [0.15, 0.2) is 66.7 Å². The van der Waals surface area contributed by atoms with Gasteiger partial charge in [-0.3, -0.25) is 0 Å². The first kappa shape index (κ1) is 21.0. The Morgan fingerprint density at radius 2 is 1.55 bits per heavy atom. The van der Waals surface area contributed by atoms with Gasteiger partial charge in [0.05, 0.1) is 0 Å². The molecule has 0 aliphatic carbocycles. The highest BCUT2D eigenvalue weighted by molar-refractivity contribution is 5.41. The molecule has 0 aromatic heterocycles. The lowest BCUT2D eigenvalue weighted by Gasteiger charge is -2.16. The molecule has 3 aromatic carbocycles. The smallest absolute Gasteiger partial charge is 0.129 e. The maximum Gasteiger partial charge on any atom is 0.129 e. The van der Waals surface area contributed by atoms with Crippen molar-refractivity contribution in [2.45, 2.75) is 32.5 Å². The zero-order valence-corrected chi connectivity index (χ0v) is 16.5. The van der Waals surface area contributed by atoms with Crippen LogP contribution in [-0.2, 0) is 19.6 Å². The molecule has 3 N–H and O–H groups in total. The monoisotopic (exact) mass is 396 g/mol. The lowest BCUT2D eigenvalue weighted by molar-refractivity contribution is 0.297. The Balaban J connectivity index is 1.83. The molecular weight excluding hydrogens is 370 g/mol. The maximum absolute atomic E-state index is 14.2. The van der Waals surface area contributed by atoms with Crippen LogP contribution in [0.4, 0.5) is 8.78 Å². The standard InChI is InChI=1S/C24H26F2N2O/c1-17(14-27)28-15-18-10-11-24(29-16-20-7-3-5-9-23(20)26)21(12-18)13-19-6-2-4-8-22(19)25/h2-12,17,28H,13-16,27H2,1H3/t17-/m0/s1. The molecule has 0 saturated heterocycles. The number of benzene rings is 3. The van der Waals surface area contributed by atoms with Crippen LogP contribution < -0.4 is 15.8 Å². The molecule has 1 atom stereocenters. The first-order valence-electron chi connectivity index (χ1n) is 9.71. The largest absolute Gasteiger partial charge is 0.489 e. The fraction of sp³-hybridized carbons (Fsp3) is 0.250. The van der Waals surface area contributed by atoms with Gasteiger partial charge in [-0.25, -0.2) is 8.78 Å². The summed E-state index contributed by atoms with van der Waals surface area (Å²) in [6.45, 7) is 3.33. The highest BCUT2D eigenvalue weighted by Crippen LogP contribution is 2.26. The van der Waals surface area contributed by atoms with E-state index in [2.05, 4.69) is 5.32 Å². The van der Waals surface area contributed by atoms with Gasteiger partial charge in [0.1, 0.15) is 24.0 Å². The first-order valence-corrected chi connectivity index (χ1v) is 9.71. The second-order valence-corrected chi connectivity index (χ2v) is 7.11. The summed E-state index contributed by atoms with van der Waals surface area (Å²) < 4.78 is 34.0. The minimum Gasteiger partial charge on any atom is -0.489 e. The summed E-state index contributed by atoms with van der Waals surface area (Å²) in [4.78, 5) is 0. The van der Waals surface area contributed by atoms with Crippen molar-refractivity contribution in [1.82, 2.24) is 5.32 Å². The van der Waals surface area contributed by atoms with Gasteiger partial charge in [0.2, 0.25) is 0 Å². The Hall–Kier alpha value is -2.76. The van der Waals surface area contributed by atoms with Crippen molar-refractivity contribution < 1.29 is 13.5 Å². The number of halogens is 2. The van der Waals surface area contributed by atoms with Crippen LogP contribution in [0.25, 0.3) is 0 Å². The zero-order valence-electron chi connectivity index (χ0n) is 16.5. The van der Waals surface area contributed by atoms with Crippen molar-refractivity contribution in [3.63, 3.8) is 0 Å². The van der Waals surface area contributed by atoms with E-state index in [1.807, 2.05) is 31.2 Å². The minimum atomic E-state index is -0.306. The zero-order chi connectivity index (χ0) is 20.6. The molecule has 0 radical (unpaired) electrons. The van der Waals surface area contributed by atoms with Gasteiger partial charge in [-0.15, -0.1) is 0 Å². The normalized spacial score (nSPS) is 12.0. The summed E-state index contributed by atoms with van der Waals surface area (Å²) >= 11 is 0. The van der Waals surface area contributed by atoms with Gasteiger partial charge >= 0.3 is 0 Å². The SMILES string of the molecule is C[C@@H](CN)NCc1ccc(OCc2ccccc2F)c(Cc2ccccc2F)c1. The molecule has 3 aromatic rings. The molecular formula is C24H26F2N2O.